The second-order valence-electron chi connectivity index (χ2n) is 5.19. The normalized spacial score (nSPS) is 21.1. The summed E-state index contributed by atoms with van der Waals surface area (Å²) in [5, 5.41) is 0. The lowest BCUT2D eigenvalue weighted by atomic mass is 9.81. The maximum absolute atomic E-state index is 13.2. The first kappa shape index (κ1) is 12.5. The Hall–Kier alpha value is -0.930. The largest absolute Gasteiger partial charge is 0.381 e. The van der Waals surface area contributed by atoms with Crippen LogP contribution in [-0.2, 0) is 10.3 Å². The Morgan fingerprint density at radius 1 is 1.41 bits per heavy atom. The fourth-order valence-electron chi connectivity index (χ4n) is 2.51. The molecule has 0 bridgehead atoms. The van der Waals surface area contributed by atoms with Crippen LogP contribution >= 0.6 is 0 Å². The average molecular weight is 237 g/mol. The molecule has 2 rings (SSSR count). The number of hydrogen-bond acceptors (Lipinski definition) is 2. The van der Waals surface area contributed by atoms with Gasteiger partial charge < -0.3 is 10.5 Å². The van der Waals surface area contributed by atoms with Crippen molar-refractivity contribution in [1.29, 1.82) is 0 Å². The molecule has 0 amide bonds. The Bertz CT molecular complexity index is 372. The minimum absolute atomic E-state index is 0.217. The molecule has 17 heavy (non-hydrogen) atoms. The number of ether oxygens (including phenoxy) is 1. The molecule has 1 heterocycles. The molecular formula is C14H20FNO. The van der Waals surface area contributed by atoms with Crippen LogP contribution in [0, 0.1) is 11.7 Å². The van der Waals surface area contributed by atoms with Crippen molar-refractivity contribution < 1.29 is 9.13 Å². The Labute approximate surface area is 102 Å². The van der Waals surface area contributed by atoms with Crippen molar-refractivity contribution in [2.24, 2.45) is 11.7 Å². The van der Waals surface area contributed by atoms with E-state index in [1.807, 2.05) is 13.0 Å². The third kappa shape index (κ3) is 3.27. The summed E-state index contributed by atoms with van der Waals surface area (Å²) in [5.41, 5.74) is 6.75. The highest BCUT2D eigenvalue weighted by molar-refractivity contribution is 5.24. The monoisotopic (exact) mass is 237 g/mol. The smallest absolute Gasteiger partial charge is 0.123 e. The summed E-state index contributed by atoms with van der Waals surface area (Å²) in [6, 6.07) is 6.62. The molecule has 1 aromatic carbocycles. The van der Waals surface area contributed by atoms with Crippen molar-refractivity contribution >= 4 is 0 Å². The molecule has 2 nitrogen and oxygen atoms in total. The van der Waals surface area contributed by atoms with Gasteiger partial charge in [-0.2, -0.15) is 0 Å². The van der Waals surface area contributed by atoms with E-state index in [0.29, 0.717) is 5.92 Å². The molecule has 0 radical (unpaired) electrons. The summed E-state index contributed by atoms with van der Waals surface area (Å²) in [6.45, 7) is 3.63. The Kier molecular flexibility index (Phi) is 3.79. The second-order valence-corrected chi connectivity index (χ2v) is 5.19. The molecule has 1 fully saturated rings. The number of benzene rings is 1. The van der Waals surface area contributed by atoms with Gasteiger partial charge in [-0.1, -0.05) is 12.1 Å². The minimum Gasteiger partial charge on any atom is -0.381 e. The van der Waals surface area contributed by atoms with E-state index in [1.54, 1.807) is 12.1 Å². The van der Waals surface area contributed by atoms with Crippen LogP contribution in [0.25, 0.3) is 0 Å². The third-order valence-corrected chi connectivity index (χ3v) is 3.54. The molecule has 1 saturated heterocycles. The molecule has 1 aliphatic heterocycles. The van der Waals surface area contributed by atoms with E-state index < -0.39 is 5.54 Å². The van der Waals surface area contributed by atoms with E-state index in [0.717, 1.165) is 38.0 Å². The lowest BCUT2D eigenvalue weighted by Crippen LogP contribution is -2.36. The van der Waals surface area contributed by atoms with E-state index in [-0.39, 0.29) is 5.82 Å². The van der Waals surface area contributed by atoms with Gasteiger partial charge in [0.1, 0.15) is 5.82 Å². The molecule has 0 spiro atoms. The molecule has 1 aliphatic rings. The third-order valence-electron chi connectivity index (χ3n) is 3.54. The number of hydrogen-bond donors (Lipinski definition) is 1. The van der Waals surface area contributed by atoms with Crippen molar-refractivity contribution in [3.8, 4) is 0 Å². The van der Waals surface area contributed by atoms with Gasteiger partial charge in [0.15, 0.2) is 0 Å². The van der Waals surface area contributed by atoms with E-state index in [2.05, 4.69) is 0 Å². The molecular weight excluding hydrogens is 217 g/mol. The van der Waals surface area contributed by atoms with Gasteiger partial charge >= 0.3 is 0 Å². The molecule has 1 aromatic rings. The first-order valence-corrected chi connectivity index (χ1v) is 6.20. The highest BCUT2D eigenvalue weighted by Gasteiger charge is 2.27. The van der Waals surface area contributed by atoms with Crippen molar-refractivity contribution in [3.63, 3.8) is 0 Å². The van der Waals surface area contributed by atoms with E-state index in [4.69, 9.17) is 10.5 Å². The van der Waals surface area contributed by atoms with Crippen LogP contribution in [0.2, 0.25) is 0 Å². The van der Waals surface area contributed by atoms with Crippen LogP contribution in [0.1, 0.15) is 31.7 Å². The second kappa shape index (κ2) is 5.15. The summed E-state index contributed by atoms with van der Waals surface area (Å²) < 4.78 is 18.5. The van der Waals surface area contributed by atoms with Gasteiger partial charge in [-0.25, -0.2) is 4.39 Å². The summed E-state index contributed by atoms with van der Waals surface area (Å²) in [7, 11) is 0. The molecule has 1 atom stereocenters. The lowest BCUT2D eigenvalue weighted by Gasteiger charge is -2.32. The molecule has 1 unspecified atom stereocenters. The fraction of sp³-hybridized carbons (Fsp3) is 0.571. The number of halogens is 1. The molecule has 2 N–H and O–H groups in total. The van der Waals surface area contributed by atoms with Gasteiger partial charge in [0.05, 0.1) is 0 Å². The van der Waals surface area contributed by atoms with Gasteiger partial charge in [0, 0.05) is 18.8 Å². The fourth-order valence-corrected chi connectivity index (χ4v) is 2.51. The van der Waals surface area contributed by atoms with E-state index in [1.165, 1.54) is 6.07 Å². The van der Waals surface area contributed by atoms with Gasteiger partial charge in [-0.05, 0) is 49.8 Å². The molecule has 94 valence electrons. The predicted molar refractivity (Wildman–Crippen MR) is 66.1 cm³/mol. The standard InChI is InChI=1S/C14H20FNO/c1-14(16,10-11-5-7-17-8-6-11)12-3-2-4-13(15)9-12/h2-4,9,11H,5-8,10,16H2,1H3. The lowest BCUT2D eigenvalue weighted by molar-refractivity contribution is 0.0570. The minimum atomic E-state index is -0.454. The van der Waals surface area contributed by atoms with Crippen molar-refractivity contribution in [2.45, 2.75) is 31.7 Å². The first-order valence-electron chi connectivity index (χ1n) is 6.20. The van der Waals surface area contributed by atoms with Gasteiger partial charge in [0.2, 0.25) is 0 Å². The summed E-state index contributed by atoms with van der Waals surface area (Å²) in [6.07, 6.45) is 3.00. The van der Waals surface area contributed by atoms with Gasteiger partial charge in [0.25, 0.3) is 0 Å². The summed E-state index contributed by atoms with van der Waals surface area (Å²) >= 11 is 0. The van der Waals surface area contributed by atoms with Crippen LogP contribution < -0.4 is 5.73 Å². The quantitative estimate of drug-likeness (QED) is 0.877. The maximum atomic E-state index is 13.2. The molecule has 0 saturated carbocycles. The van der Waals surface area contributed by atoms with E-state index >= 15 is 0 Å². The maximum Gasteiger partial charge on any atom is 0.123 e. The molecule has 0 aromatic heterocycles. The zero-order chi connectivity index (χ0) is 12.3. The summed E-state index contributed by atoms with van der Waals surface area (Å²) in [5.74, 6) is 0.369. The highest BCUT2D eigenvalue weighted by Crippen LogP contribution is 2.30. The van der Waals surface area contributed by atoms with Crippen molar-refractivity contribution in [3.05, 3.63) is 35.6 Å². The van der Waals surface area contributed by atoms with Gasteiger partial charge in [-0.15, -0.1) is 0 Å². The molecule has 3 heteroatoms. The van der Waals surface area contributed by atoms with Crippen LogP contribution in [0.3, 0.4) is 0 Å². The Morgan fingerprint density at radius 2 is 2.12 bits per heavy atom. The highest BCUT2D eigenvalue weighted by atomic mass is 19.1. The molecule has 0 aliphatic carbocycles. The van der Waals surface area contributed by atoms with Crippen LogP contribution in [0.4, 0.5) is 4.39 Å². The first-order chi connectivity index (χ1) is 8.08. The number of nitrogens with two attached hydrogens (primary N) is 1. The van der Waals surface area contributed by atoms with Crippen LogP contribution in [-0.4, -0.2) is 13.2 Å². The zero-order valence-electron chi connectivity index (χ0n) is 10.3. The van der Waals surface area contributed by atoms with E-state index in [9.17, 15) is 4.39 Å². The van der Waals surface area contributed by atoms with Crippen molar-refractivity contribution in [2.75, 3.05) is 13.2 Å². The SMILES string of the molecule is CC(N)(CC1CCOCC1)c1cccc(F)c1. The van der Waals surface area contributed by atoms with Crippen LogP contribution in [0.5, 0.6) is 0 Å². The van der Waals surface area contributed by atoms with Crippen LogP contribution in [0.15, 0.2) is 24.3 Å². The average Bonchev–Trinajstić information content (AvgIpc) is 2.30. The topological polar surface area (TPSA) is 35.2 Å². The zero-order valence-corrected chi connectivity index (χ0v) is 10.3. The summed E-state index contributed by atoms with van der Waals surface area (Å²) in [4.78, 5) is 0. The van der Waals surface area contributed by atoms with Gasteiger partial charge in [-0.3, -0.25) is 0 Å². The Balaban J connectivity index is 2.06. The Morgan fingerprint density at radius 3 is 2.76 bits per heavy atom. The number of rotatable bonds is 3. The van der Waals surface area contributed by atoms with Crippen molar-refractivity contribution in [1.82, 2.24) is 0 Å². The predicted octanol–water partition coefficient (Wildman–Crippen LogP) is 2.82.